The normalized spacial score (nSPS) is 13.9. The summed E-state index contributed by atoms with van der Waals surface area (Å²) in [5.74, 6) is -0.328. The van der Waals surface area contributed by atoms with Crippen LogP contribution >= 0.6 is 0 Å². The number of ether oxygens (including phenoxy) is 1. The van der Waals surface area contributed by atoms with Crippen molar-refractivity contribution in [2.45, 2.75) is 25.9 Å². The Morgan fingerprint density at radius 1 is 1.00 bits per heavy atom. The standard InChI is InChI=1S/C21H19NO2/c1-13(24-21(23)16-7-10-17(22)11-8-16)18-12-9-15-6-5-14-3-2-4-19(18)20(14)15/h2-4,7-13H,5-6,22H2,1H3/t13-/m1/s1. The van der Waals surface area contributed by atoms with Gasteiger partial charge < -0.3 is 10.5 Å². The molecular formula is C21H19NO2. The van der Waals surface area contributed by atoms with Crippen LogP contribution in [0.1, 0.15) is 40.1 Å². The summed E-state index contributed by atoms with van der Waals surface area (Å²) in [6.07, 6.45) is 1.88. The number of aryl methyl sites for hydroxylation is 2. The Labute approximate surface area is 141 Å². The molecule has 3 nitrogen and oxygen atoms in total. The maximum Gasteiger partial charge on any atom is 0.338 e. The van der Waals surface area contributed by atoms with E-state index in [-0.39, 0.29) is 12.1 Å². The van der Waals surface area contributed by atoms with Crippen molar-refractivity contribution in [3.05, 3.63) is 76.9 Å². The lowest BCUT2D eigenvalue weighted by Crippen LogP contribution is -2.09. The van der Waals surface area contributed by atoms with Crippen LogP contribution in [0.25, 0.3) is 10.8 Å². The number of anilines is 1. The first-order chi connectivity index (χ1) is 11.6. The molecule has 3 heteroatoms. The van der Waals surface area contributed by atoms with E-state index in [0.29, 0.717) is 11.3 Å². The summed E-state index contributed by atoms with van der Waals surface area (Å²) in [4.78, 5) is 12.4. The van der Waals surface area contributed by atoms with E-state index in [4.69, 9.17) is 10.5 Å². The van der Waals surface area contributed by atoms with Gasteiger partial charge in [-0.15, -0.1) is 0 Å². The molecule has 0 radical (unpaired) electrons. The fraction of sp³-hybridized carbons (Fsp3) is 0.190. The molecule has 3 aromatic carbocycles. The van der Waals surface area contributed by atoms with Crippen LogP contribution < -0.4 is 5.73 Å². The number of nitrogen functional groups attached to an aromatic ring is 1. The van der Waals surface area contributed by atoms with Gasteiger partial charge in [-0.05, 0) is 65.9 Å². The van der Waals surface area contributed by atoms with E-state index in [9.17, 15) is 4.79 Å². The van der Waals surface area contributed by atoms with Crippen molar-refractivity contribution in [3.8, 4) is 0 Å². The van der Waals surface area contributed by atoms with E-state index in [1.54, 1.807) is 24.3 Å². The van der Waals surface area contributed by atoms with Crippen LogP contribution in [0.3, 0.4) is 0 Å². The first-order valence-corrected chi connectivity index (χ1v) is 8.23. The molecule has 24 heavy (non-hydrogen) atoms. The largest absolute Gasteiger partial charge is 0.454 e. The first kappa shape index (κ1) is 14.8. The van der Waals surface area contributed by atoms with Gasteiger partial charge in [-0.25, -0.2) is 4.79 Å². The molecule has 0 heterocycles. The van der Waals surface area contributed by atoms with Gasteiger partial charge in [-0.3, -0.25) is 0 Å². The van der Waals surface area contributed by atoms with E-state index in [1.165, 1.54) is 21.9 Å². The second-order valence-electron chi connectivity index (χ2n) is 6.32. The van der Waals surface area contributed by atoms with Crippen molar-refractivity contribution < 1.29 is 9.53 Å². The zero-order valence-electron chi connectivity index (χ0n) is 13.6. The number of nitrogens with two attached hydrogens (primary N) is 1. The average Bonchev–Trinajstić information content (AvgIpc) is 3.01. The monoisotopic (exact) mass is 317 g/mol. The lowest BCUT2D eigenvalue weighted by Gasteiger charge is -2.17. The van der Waals surface area contributed by atoms with Gasteiger partial charge in [0.25, 0.3) is 0 Å². The summed E-state index contributed by atoms with van der Waals surface area (Å²) in [6, 6.07) is 17.5. The number of hydrogen-bond acceptors (Lipinski definition) is 3. The van der Waals surface area contributed by atoms with Crippen molar-refractivity contribution in [3.63, 3.8) is 0 Å². The summed E-state index contributed by atoms with van der Waals surface area (Å²) < 4.78 is 5.69. The third-order valence-corrected chi connectivity index (χ3v) is 4.78. The van der Waals surface area contributed by atoms with Gasteiger partial charge in [-0.2, -0.15) is 0 Å². The van der Waals surface area contributed by atoms with Gasteiger partial charge in [0.05, 0.1) is 5.56 Å². The van der Waals surface area contributed by atoms with Crippen LogP contribution in [-0.4, -0.2) is 5.97 Å². The van der Waals surface area contributed by atoms with Gasteiger partial charge in [-0.1, -0.05) is 30.3 Å². The van der Waals surface area contributed by atoms with Crippen LogP contribution in [0.5, 0.6) is 0 Å². The lowest BCUT2D eigenvalue weighted by atomic mass is 9.97. The van der Waals surface area contributed by atoms with Gasteiger partial charge in [0.2, 0.25) is 0 Å². The van der Waals surface area contributed by atoms with E-state index in [2.05, 4.69) is 30.3 Å². The predicted molar refractivity (Wildman–Crippen MR) is 96.0 cm³/mol. The minimum Gasteiger partial charge on any atom is -0.454 e. The summed E-state index contributed by atoms with van der Waals surface area (Å²) in [7, 11) is 0. The Morgan fingerprint density at radius 2 is 1.71 bits per heavy atom. The molecule has 0 spiro atoms. The molecule has 1 aliphatic carbocycles. The second kappa shape index (κ2) is 5.68. The van der Waals surface area contributed by atoms with Crippen molar-refractivity contribution >= 4 is 22.4 Å². The van der Waals surface area contributed by atoms with Gasteiger partial charge >= 0.3 is 5.97 Å². The fourth-order valence-corrected chi connectivity index (χ4v) is 3.54. The SMILES string of the molecule is C[C@@H](OC(=O)c1ccc(N)cc1)c1ccc2c3c(cccc13)CC2. The Bertz CT molecular complexity index is 918. The van der Waals surface area contributed by atoms with Crippen molar-refractivity contribution in [1.29, 1.82) is 0 Å². The van der Waals surface area contributed by atoms with Crippen LogP contribution in [0.4, 0.5) is 5.69 Å². The second-order valence-corrected chi connectivity index (χ2v) is 6.32. The molecule has 0 bridgehead atoms. The number of rotatable bonds is 3. The van der Waals surface area contributed by atoms with Gasteiger partial charge in [0.1, 0.15) is 6.10 Å². The molecule has 1 atom stereocenters. The number of esters is 1. The number of carbonyl (C=O) groups is 1. The van der Waals surface area contributed by atoms with E-state index >= 15 is 0 Å². The zero-order chi connectivity index (χ0) is 16.7. The van der Waals surface area contributed by atoms with Crippen LogP contribution in [0.15, 0.2) is 54.6 Å². The van der Waals surface area contributed by atoms with Crippen molar-refractivity contribution in [1.82, 2.24) is 0 Å². The molecule has 0 saturated carbocycles. The molecule has 0 aliphatic heterocycles. The van der Waals surface area contributed by atoms with Gasteiger partial charge in [0, 0.05) is 11.3 Å². The molecule has 0 saturated heterocycles. The molecule has 4 rings (SSSR count). The van der Waals surface area contributed by atoms with E-state index < -0.39 is 0 Å². The first-order valence-electron chi connectivity index (χ1n) is 8.23. The summed E-state index contributed by atoms with van der Waals surface area (Å²) >= 11 is 0. The quantitative estimate of drug-likeness (QED) is 0.574. The maximum atomic E-state index is 12.4. The Balaban J connectivity index is 1.66. The van der Waals surface area contributed by atoms with E-state index in [0.717, 1.165) is 18.4 Å². The average molecular weight is 317 g/mol. The zero-order valence-corrected chi connectivity index (χ0v) is 13.6. The third kappa shape index (κ3) is 2.42. The molecular weight excluding hydrogens is 298 g/mol. The smallest absolute Gasteiger partial charge is 0.338 e. The van der Waals surface area contributed by atoms with Crippen molar-refractivity contribution in [2.75, 3.05) is 5.73 Å². The molecule has 0 amide bonds. The minimum atomic E-state index is -0.328. The highest BCUT2D eigenvalue weighted by atomic mass is 16.5. The Hall–Kier alpha value is -2.81. The van der Waals surface area contributed by atoms with Crippen LogP contribution in [0, 0.1) is 0 Å². The highest BCUT2D eigenvalue weighted by Gasteiger charge is 2.20. The predicted octanol–water partition coefficient (Wildman–Crippen LogP) is 4.44. The molecule has 1 aliphatic rings. The maximum absolute atomic E-state index is 12.4. The van der Waals surface area contributed by atoms with E-state index in [1.807, 2.05) is 6.92 Å². The Morgan fingerprint density at radius 3 is 2.46 bits per heavy atom. The summed E-state index contributed by atoms with van der Waals surface area (Å²) in [6.45, 7) is 1.92. The summed E-state index contributed by atoms with van der Waals surface area (Å²) in [5.41, 5.74) is 10.6. The summed E-state index contributed by atoms with van der Waals surface area (Å²) in [5, 5.41) is 2.53. The van der Waals surface area contributed by atoms with Crippen molar-refractivity contribution in [2.24, 2.45) is 0 Å². The molecule has 0 aromatic heterocycles. The molecule has 2 N–H and O–H groups in total. The highest BCUT2D eigenvalue weighted by Crippen LogP contribution is 2.35. The topological polar surface area (TPSA) is 52.3 Å². The molecule has 0 unspecified atom stereocenters. The molecule has 0 fully saturated rings. The van der Waals surface area contributed by atoms with Gasteiger partial charge in [0.15, 0.2) is 0 Å². The number of benzene rings is 3. The van der Waals surface area contributed by atoms with Crippen LogP contribution in [-0.2, 0) is 17.6 Å². The lowest BCUT2D eigenvalue weighted by molar-refractivity contribution is 0.0341. The number of hydrogen-bond donors (Lipinski definition) is 1. The number of carbonyl (C=O) groups excluding carboxylic acids is 1. The third-order valence-electron chi connectivity index (χ3n) is 4.78. The molecule has 3 aromatic rings. The Kier molecular flexibility index (Phi) is 3.49. The highest BCUT2D eigenvalue weighted by molar-refractivity contribution is 5.94. The van der Waals surface area contributed by atoms with Crippen LogP contribution in [0.2, 0.25) is 0 Å². The molecule has 120 valence electrons. The fourth-order valence-electron chi connectivity index (χ4n) is 3.54. The minimum absolute atomic E-state index is 0.306.